The van der Waals surface area contributed by atoms with E-state index >= 15 is 0 Å². The lowest BCUT2D eigenvalue weighted by molar-refractivity contribution is -0.665. The lowest BCUT2D eigenvalue weighted by atomic mass is 9.92. The highest BCUT2D eigenvalue weighted by molar-refractivity contribution is 5.96. The average Bonchev–Trinajstić information content (AvgIpc) is 2.73. The van der Waals surface area contributed by atoms with Crippen molar-refractivity contribution in [2.45, 2.75) is 33.6 Å². The van der Waals surface area contributed by atoms with Gasteiger partial charge in [0.25, 0.3) is 0 Å². The van der Waals surface area contributed by atoms with Gasteiger partial charge in [-0.25, -0.2) is 0 Å². The van der Waals surface area contributed by atoms with Crippen LogP contribution in [-0.2, 0) is 7.05 Å². The highest BCUT2D eigenvalue weighted by atomic mass is 14.9. The van der Waals surface area contributed by atoms with Crippen LogP contribution in [0.15, 0.2) is 72.8 Å². The number of nitrogens with zero attached hydrogens (tertiary/aromatic N) is 1. The van der Waals surface area contributed by atoms with Crippen LogP contribution in [0.2, 0.25) is 0 Å². The van der Waals surface area contributed by atoms with E-state index in [1.54, 1.807) is 0 Å². The molecule has 0 N–H and O–H groups in total. The van der Waals surface area contributed by atoms with Gasteiger partial charge < -0.3 is 0 Å². The fourth-order valence-corrected chi connectivity index (χ4v) is 3.87. The standard InChI is InChI=1S/C27H28N/c1-18(2)22-12-11-19(3)26(17-22)27-25-14-13-23(21-9-7-6-8-10-21)16-24(25)15-20(4)28(27)5/h6-18H,1-5H3/q+1/i15D. The molecule has 0 aliphatic carbocycles. The van der Waals surface area contributed by atoms with Gasteiger partial charge in [0, 0.05) is 18.5 Å². The normalized spacial score (nSPS) is 11.9. The molecule has 0 aliphatic rings. The molecule has 0 amide bonds. The van der Waals surface area contributed by atoms with E-state index in [1.165, 1.54) is 27.9 Å². The predicted molar refractivity (Wildman–Crippen MR) is 120 cm³/mol. The third-order valence-corrected chi connectivity index (χ3v) is 5.72. The third kappa shape index (κ3) is 3.22. The van der Waals surface area contributed by atoms with Crippen LogP contribution in [0.3, 0.4) is 0 Å². The summed E-state index contributed by atoms with van der Waals surface area (Å²) in [6.07, 6.45) is 0. The van der Waals surface area contributed by atoms with Crippen LogP contribution in [0.25, 0.3) is 33.2 Å². The number of aromatic nitrogens is 1. The monoisotopic (exact) mass is 367 g/mol. The molecule has 28 heavy (non-hydrogen) atoms. The number of rotatable bonds is 3. The molecule has 4 aromatic rings. The van der Waals surface area contributed by atoms with Crippen LogP contribution < -0.4 is 4.57 Å². The van der Waals surface area contributed by atoms with E-state index in [2.05, 4.69) is 93.0 Å². The maximum atomic E-state index is 8.79. The number of benzene rings is 3. The second-order valence-electron chi connectivity index (χ2n) is 7.97. The molecule has 1 nitrogen and oxygen atoms in total. The summed E-state index contributed by atoms with van der Waals surface area (Å²) in [7, 11) is 2.08. The number of aryl methyl sites for hydroxylation is 1. The molecule has 0 unspecified atom stereocenters. The molecule has 0 spiro atoms. The van der Waals surface area contributed by atoms with Gasteiger partial charge in [0.15, 0.2) is 5.69 Å². The maximum Gasteiger partial charge on any atom is 0.220 e. The van der Waals surface area contributed by atoms with Gasteiger partial charge >= 0.3 is 0 Å². The van der Waals surface area contributed by atoms with Crippen LogP contribution in [0.1, 0.15) is 38.0 Å². The van der Waals surface area contributed by atoms with Gasteiger partial charge in [0.2, 0.25) is 5.69 Å². The van der Waals surface area contributed by atoms with E-state index in [4.69, 9.17) is 1.37 Å². The van der Waals surface area contributed by atoms with E-state index < -0.39 is 0 Å². The molecule has 0 bridgehead atoms. The Morgan fingerprint density at radius 3 is 2.32 bits per heavy atom. The Morgan fingerprint density at radius 1 is 0.857 bits per heavy atom. The fraction of sp³-hybridized carbons (Fsp3) is 0.222. The molecule has 1 heterocycles. The first-order valence-corrected chi connectivity index (χ1v) is 9.97. The van der Waals surface area contributed by atoms with E-state index in [0.717, 1.165) is 22.0 Å². The number of hydrogen-bond acceptors (Lipinski definition) is 0. The summed E-state index contributed by atoms with van der Waals surface area (Å²) in [4.78, 5) is 0. The molecule has 1 aromatic heterocycles. The molecular weight excluding hydrogens is 338 g/mol. The molecule has 0 aliphatic heterocycles. The van der Waals surface area contributed by atoms with Gasteiger partial charge in [0.05, 0.1) is 6.76 Å². The van der Waals surface area contributed by atoms with Crippen molar-refractivity contribution in [3.63, 3.8) is 0 Å². The zero-order chi connectivity index (χ0) is 20.7. The highest BCUT2D eigenvalue weighted by Crippen LogP contribution is 2.33. The van der Waals surface area contributed by atoms with Crippen LogP contribution in [0.5, 0.6) is 0 Å². The number of fused-ring (bicyclic) bond motifs is 1. The quantitative estimate of drug-likeness (QED) is 0.353. The molecule has 0 saturated carbocycles. The molecule has 140 valence electrons. The number of pyridine rings is 1. The minimum Gasteiger partial charge on any atom is -0.198 e. The molecule has 0 atom stereocenters. The Hall–Kier alpha value is -2.93. The summed E-state index contributed by atoms with van der Waals surface area (Å²) in [6, 6.07) is 24.3. The molecule has 3 aromatic carbocycles. The van der Waals surface area contributed by atoms with Crippen molar-refractivity contribution >= 4 is 10.8 Å². The molecule has 1 heteroatoms. The van der Waals surface area contributed by atoms with E-state index in [1.807, 2.05) is 13.0 Å². The zero-order valence-corrected chi connectivity index (χ0v) is 17.4. The fourth-order valence-electron chi connectivity index (χ4n) is 3.87. The Bertz CT molecular complexity index is 1210. The highest BCUT2D eigenvalue weighted by Gasteiger charge is 2.20. The first-order valence-electron chi connectivity index (χ1n) is 10.5. The summed E-state index contributed by atoms with van der Waals surface area (Å²) in [6.45, 7) is 8.68. The van der Waals surface area contributed by atoms with Crippen LogP contribution in [0.4, 0.5) is 0 Å². The minimum atomic E-state index is 0.479. The molecular formula is C27H28N+. The Kier molecular flexibility index (Phi) is 4.44. The minimum absolute atomic E-state index is 0.479. The predicted octanol–water partition coefficient (Wildman–Crippen LogP) is 6.74. The van der Waals surface area contributed by atoms with Crippen molar-refractivity contribution in [1.29, 1.82) is 0 Å². The van der Waals surface area contributed by atoms with Gasteiger partial charge in [-0.3, -0.25) is 0 Å². The summed E-state index contributed by atoms with van der Waals surface area (Å²) in [5.41, 5.74) is 8.35. The van der Waals surface area contributed by atoms with Gasteiger partial charge in [-0.2, -0.15) is 4.57 Å². The second kappa shape index (κ2) is 7.24. The average molecular weight is 368 g/mol. The zero-order valence-electron chi connectivity index (χ0n) is 18.4. The largest absolute Gasteiger partial charge is 0.220 e. The molecule has 0 radical (unpaired) electrons. The summed E-state index contributed by atoms with van der Waals surface area (Å²) in [5, 5.41) is 2.14. The van der Waals surface area contributed by atoms with Crippen molar-refractivity contribution in [2.75, 3.05) is 0 Å². The lowest BCUT2D eigenvalue weighted by Gasteiger charge is -2.14. The van der Waals surface area contributed by atoms with Crippen molar-refractivity contribution in [2.24, 2.45) is 7.05 Å². The molecule has 0 fully saturated rings. The van der Waals surface area contributed by atoms with E-state index in [-0.39, 0.29) is 0 Å². The first-order chi connectivity index (χ1) is 13.9. The van der Waals surface area contributed by atoms with Crippen molar-refractivity contribution in [3.8, 4) is 22.4 Å². The smallest absolute Gasteiger partial charge is 0.198 e. The Morgan fingerprint density at radius 2 is 1.61 bits per heavy atom. The van der Waals surface area contributed by atoms with Gasteiger partial charge in [-0.05, 0) is 58.7 Å². The Labute approximate surface area is 169 Å². The molecule has 0 saturated heterocycles. The summed E-state index contributed by atoms with van der Waals surface area (Å²) >= 11 is 0. The van der Waals surface area contributed by atoms with Crippen LogP contribution in [-0.4, -0.2) is 0 Å². The van der Waals surface area contributed by atoms with Gasteiger partial charge in [0.1, 0.15) is 7.05 Å². The van der Waals surface area contributed by atoms with E-state index in [0.29, 0.717) is 12.0 Å². The van der Waals surface area contributed by atoms with E-state index in [9.17, 15) is 0 Å². The van der Waals surface area contributed by atoms with Gasteiger partial charge in [-0.1, -0.05) is 62.4 Å². The maximum absolute atomic E-state index is 8.79. The first kappa shape index (κ1) is 17.2. The lowest BCUT2D eigenvalue weighted by Crippen LogP contribution is -2.35. The third-order valence-electron chi connectivity index (χ3n) is 5.72. The SMILES string of the molecule is [2H]c1c(C)[n+](C)c(-c2cc(C(C)C)ccc2C)c2ccc(-c3ccccc3)cc12. The van der Waals surface area contributed by atoms with Gasteiger partial charge in [-0.15, -0.1) is 0 Å². The van der Waals surface area contributed by atoms with Crippen molar-refractivity contribution < 1.29 is 5.94 Å². The van der Waals surface area contributed by atoms with Crippen LogP contribution in [0, 0.1) is 13.8 Å². The molecule has 4 rings (SSSR count). The van der Waals surface area contributed by atoms with Crippen molar-refractivity contribution in [1.82, 2.24) is 0 Å². The summed E-state index contributed by atoms with van der Waals surface area (Å²) in [5.74, 6) is 0.479. The summed E-state index contributed by atoms with van der Waals surface area (Å²) < 4.78 is 11.0. The second-order valence-corrected chi connectivity index (χ2v) is 7.97. The number of hydrogen-bond donors (Lipinski definition) is 0. The van der Waals surface area contributed by atoms with Crippen molar-refractivity contribution in [3.05, 3.63) is 89.6 Å². The topological polar surface area (TPSA) is 3.88 Å². The Balaban J connectivity index is 2.04. The van der Waals surface area contributed by atoms with Crippen LogP contribution >= 0.6 is 0 Å².